The summed E-state index contributed by atoms with van der Waals surface area (Å²) in [6.45, 7) is 0.674. The fourth-order valence-electron chi connectivity index (χ4n) is 2.25. The summed E-state index contributed by atoms with van der Waals surface area (Å²) in [5.41, 5.74) is 2.08. The van der Waals surface area contributed by atoms with Crippen LogP contribution >= 0.6 is 11.6 Å². The minimum atomic E-state index is 0.633. The van der Waals surface area contributed by atoms with Crippen LogP contribution in [0, 0.1) is 0 Å². The van der Waals surface area contributed by atoms with E-state index in [1.165, 1.54) is 0 Å². The van der Waals surface area contributed by atoms with Crippen molar-refractivity contribution >= 4 is 28.1 Å². The molecule has 2 aromatic carbocycles. The Kier molecular flexibility index (Phi) is 3.93. The van der Waals surface area contributed by atoms with Crippen molar-refractivity contribution in [1.82, 2.24) is 4.98 Å². The number of hydrogen-bond acceptors (Lipinski definition) is 3. The van der Waals surface area contributed by atoms with Crippen molar-refractivity contribution in [2.24, 2.45) is 0 Å². The second kappa shape index (κ2) is 6.02. The summed E-state index contributed by atoms with van der Waals surface area (Å²) in [5, 5.41) is 6.24. The molecule has 106 valence electrons. The fourth-order valence-corrected chi connectivity index (χ4v) is 2.46. The third-order valence-corrected chi connectivity index (χ3v) is 3.73. The summed E-state index contributed by atoms with van der Waals surface area (Å²) in [6, 6.07) is 15.9. The SMILES string of the molecule is COc1nccc2ccc(NCc3ccccc3Cl)cc12. The largest absolute Gasteiger partial charge is 0.481 e. The molecule has 0 saturated carbocycles. The van der Waals surface area contributed by atoms with Crippen LogP contribution in [0.5, 0.6) is 5.88 Å². The van der Waals surface area contributed by atoms with Crippen LogP contribution < -0.4 is 10.1 Å². The second-order valence-corrected chi connectivity index (χ2v) is 5.11. The van der Waals surface area contributed by atoms with Gasteiger partial charge >= 0.3 is 0 Å². The second-order valence-electron chi connectivity index (χ2n) is 4.70. The highest BCUT2D eigenvalue weighted by molar-refractivity contribution is 6.31. The number of nitrogens with one attached hydrogen (secondary N) is 1. The molecule has 1 N–H and O–H groups in total. The number of pyridine rings is 1. The van der Waals surface area contributed by atoms with Gasteiger partial charge in [0.25, 0.3) is 0 Å². The first-order valence-corrected chi connectivity index (χ1v) is 7.06. The number of halogens is 1. The summed E-state index contributed by atoms with van der Waals surface area (Å²) < 4.78 is 5.30. The van der Waals surface area contributed by atoms with E-state index in [1.807, 2.05) is 42.5 Å². The number of aromatic nitrogens is 1. The molecular weight excluding hydrogens is 284 g/mol. The number of ether oxygens (including phenoxy) is 1. The van der Waals surface area contributed by atoms with Crippen LogP contribution in [0.15, 0.2) is 54.7 Å². The molecule has 0 radical (unpaired) electrons. The van der Waals surface area contributed by atoms with Crippen molar-refractivity contribution in [2.75, 3.05) is 12.4 Å². The smallest absolute Gasteiger partial charge is 0.221 e. The lowest BCUT2D eigenvalue weighted by atomic mass is 10.1. The lowest BCUT2D eigenvalue weighted by Crippen LogP contribution is -2.00. The molecule has 4 heteroatoms. The van der Waals surface area contributed by atoms with Gasteiger partial charge in [0.1, 0.15) is 0 Å². The van der Waals surface area contributed by atoms with Gasteiger partial charge in [-0.05, 0) is 35.2 Å². The van der Waals surface area contributed by atoms with Crippen LogP contribution in [0.3, 0.4) is 0 Å². The van der Waals surface area contributed by atoms with Gasteiger partial charge in [-0.2, -0.15) is 0 Å². The fraction of sp³-hybridized carbons (Fsp3) is 0.118. The molecule has 21 heavy (non-hydrogen) atoms. The van der Waals surface area contributed by atoms with Crippen molar-refractivity contribution < 1.29 is 4.74 Å². The molecular formula is C17H15ClN2O. The van der Waals surface area contributed by atoms with Gasteiger partial charge in [0.05, 0.1) is 7.11 Å². The van der Waals surface area contributed by atoms with Crippen LogP contribution in [-0.2, 0) is 6.54 Å². The summed E-state index contributed by atoms with van der Waals surface area (Å²) in [5.74, 6) is 0.633. The lowest BCUT2D eigenvalue weighted by Gasteiger charge is -2.10. The molecule has 0 aliphatic rings. The summed E-state index contributed by atoms with van der Waals surface area (Å²) >= 11 is 6.16. The van der Waals surface area contributed by atoms with E-state index in [9.17, 15) is 0 Å². The molecule has 3 nitrogen and oxygen atoms in total. The highest BCUT2D eigenvalue weighted by atomic mass is 35.5. The van der Waals surface area contributed by atoms with Gasteiger partial charge in [-0.25, -0.2) is 4.98 Å². The maximum absolute atomic E-state index is 6.16. The van der Waals surface area contributed by atoms with E-state index >= 15 is 0 Å². The Hall–Kier alpha value is -2.26. The molecule has 0 unspecified atom stereocenters. The zero-order valence-corrected chi connectivity index (χ0v) is 12.4. The first-order chi connectivity index (χ1) is 10.3. The molecule has 0 aliphatic heterocycles. The third kappa shape index (κ3) is 2.93. The maximum Gasteiger partial charge on any atom is 0.221 e. The predicted octanol–water partition coefficient (Wildman–Crippen LogP) is 4.51. The molecule has 0 spiro atoms. The van der Waals surface area contributed by atoms with E-state index in [4.69, 9.17) is 16.3 Å². The van der Waals surface area contributed by atoms with Gasteiger partial charge < -0.3 is 10.1 Å². The van der Waals surface area contributed by atoms with Crippen molar-refractivity contribution in [2.45, 2.75) is 6.54 Å². The molecule has 1 heterocycles. The van der Waals surface area contributed by atoms with Crippen LogP contribution in [-0.4, -0.2) is 12.1 Å². The Morgan fingerprint density at radius 1 is 1.14 bits per heavy atom. The molecule has 0 fully saturated rings. The van der Waals surface area contributed by atoms with Crippen LogP contribution in [0.4, 0.5) is 5.69 Å². The summed E-state index contributed by atoms with van der Waals surface area (Å²) in [6.07, 6.45) is 1.75. The molecule has 3 rings (SSSR count). The first kappa shape index (κ1) is 13.7. The zero-order valence-electron chi connectivity index (χ0n) is 11.6. The first-order valence-electron chi connectivity index (χ1n) is 6.68. The summed E-state index contributed by atoms with van der Waals surface area (Å²) in [7, 11) is 1.63. The Balaban J connectivity index is 1.86. The monoisotopic (exact) mass is 298 g/mol. The topological polar surface area (TPSA) is 34.1 Å². The number of nitrogens with zero attached hydrogens (tertiary/aromatic N) is 1. The average molecular weight is 299 g/mol. The predicted molar refractivity (Wildman–Crippen MR) is 87.1 cm³/mol. The molecule has 0 bridgehead atoms. The van der Waals surface area contributed by atoms with E-state index in [-0.39, 0.29) is 0 Å². The van der Waals surface area contributed by atoms with E-state index < -0.39 is 0 Å². The quantitative estimate of drug-likeness (QED) is 0.769. The van der Waals surface area contributed by atoms with Crippen molar-refractivity contribution in [3.05, 3.63) is 65.3 Å². The average Bonchev–Trinajstić information content (AvgIpc) is 2.53. The van der Waals surface area contributed by atoms with Crippen LogP contribution in [0.25, 0.3) is 10.8 Å². The van der Waals surface area contributed by atoms with Gasteiger partial charge in [0.15, 0.2) is 0 Å². The minimum Gasteiger partial charge on any atom is -0.481 e. The Bertz CT molecular complexity index is 774. The van der Waals surface area contributed by atoms with Crippen LogP contribution in [0.2, 0.25) is 5.02 Å². The molecule has 1 aromatic heterocycles. The van der Waals surface area contributed by atoms with Gasteiger partial charge in [-0.1, -0.05) is 35.9 Å². The normalized spacial score (nSPS) is 10.6. The molecule has 0 amide bonds. The highest BCUT2D eigenvalue weighted by Crippen LogP contribution is 2.26. The summed E-state index contributed by atoms with van der Waals surface area (Å²) in [4.78, 5) is 4.23. The number of hydrogen-bond donors (Lipinski definition) is 1. The third-order valence-electron chi connectivity index (χ3n) is 3.36. The Morgan fingerprint density at radius 2 is 2.00 bits per heavy atom. The molecule has 0 atom stereocenters. The lowest BCUT2D eigenvalue weighted by molar-refractivity contribution is 0.403. The van der Waals surface area contributed by atoms with E-state index in [0.29, 0.717) is 12.4 Å². The molecule has 0 aliphatic carbocycles. The maximum atomic E-state index is 6.16. The van der Waals surface area contributed by atoms with E-state index in [2.05, 4.69) is 16.4 Å². The Morgan fingerprint density at radius 3 is 2.81 bits per heavy atom. The minimum absolute atomic E-state index is 0.633. The highest BCUT2D eigenvalue weighted by Gasteiger charge is 2.04. The van der Waals surface area contributed by atoms with Gasteiger partial charge in [-0.3, -0.25) is 0 Å². The van der Waals surface area contributed by atoms with Crippen molar-refractivity contribution in [3.8, 4) is 5.88 Å². The molecule has 3 aromatic rings. The van der Waals surface area contributed by atoms with Crippen LogP contribution in [0.1, 0.15) is 5.56 Å². The standard InChI is InChI=1S/C17H15ClN2O/c1-21-17-15-10-14(7-6-12(15)8-9-19-17)20-11-13-4-2-3-5-16(13)18/h2-10,20H,11H2,1H3. The molecule has 0 saturated heterocycles. The number of rotatable bonds is 4. The van der Waals surface area contributed by atoms with E-state index in [0.717, 1.165) is 27.0 Å². The number of anilines is 1. The van der Waals surface area contributed by atoms with Gasteiger partial charge in [-0.15, -0.1) is 0 Å². The van der Waals surface area contributed by atoms with E-state index in [1.54, 1.807) is 13.3 Å². The Labute approximate surface area is 128 Å². The van der Waals surface area contributed by atoms with Gasteiger partial charge in [0, 0.05) is 28.8 Å². The number of benzene rings is 2. The van der Waals surface area contributed by atoms with Crippen molar-refractivity contribution in [1.29, 1.82) is 0 Å². The number of fused-ring (bicyclic) bond motifs is 1. The number of methoxy groups -OCH3 is 1. The van der Waals surface area contributed by atoms with Crippen molar-refractivity contribution in [3.63, 3.8) is 0 Å². The zero-order chi connectivity index (χ0) is 14.7. The van der Waals surface area contributed by atoms with Gasteiger partial charge in [0.2, 0.25) is 5.88 Å².